The van der Waals surface area contributed by atoms with E-state index >= 15 is 0 Å². The molecule has 0 spiro atoms. The molecule has 0 bridgehead atoms. The van der Waals surface area contributed by atoms with Crippen molar-refractivity contribution in [3.05, 3.63) is 66.2 Å². The Morgan fingerprint density at radius 3 is 2.25 bits per heavy atom. The number of carbonyl (C=O) groups is 1. The third-order valence-corrected chi connectivity index (χ3v) is 3.31. The van der Waals surface area contributed by atoms with Crippen LogP contribution in [0.5, 0.6) is 5.75 Å². The minimum absolute atomic E-state index is 0.225. The third kappa shape index (κ3) is 2.10. The van der Waals surface area contributed by atoms with Crippen LogP contribution in [0.2, 0.25) is 0 Å². The molecule has 3 heteroatoms. The van der Waals surface area contributed by atoms with Crippen LogP contribution in [0.25, 0.3) is 21.9 Å². The van der Waals surface area contributed by atoms with Gasteiger partial charge in [-0.25, -0.2) is 4.79 Å². The molecule has 3 rings (SSSR count). The summed E-state index contributed by atoms with van der Waals surface area (Å²) in [6, 6.07) is 17.8. The summed E-state index contributed by atoms with van der Waals surface area (Å²) >= 11 is 0. The van der Waals surface area contributed by atoms with Gasteiger partial charge in [-0.05, 0) is 46.2 Å². The zero-order chi connectivity index (χ0) is 14.1. The molecule has 0 aliphatic heterocycles. The van der Waals surface area contributed by atoms with Gasteiger partial charge >= 0.3 is 5.97 Å². The van der Waals surface area contributed by atoms with Crippen LogP contribution in [0.15, 0.2) is 60.7 Å². The highest BCUT2D eigenvalue weighted by atomic mass is 16.4. The Morgan fingerprint density at radius 1 is 0.850 bits per heavy atom. The molecule has 0 saturated heterocycles. The number of hydrogen-bond acceptors (Lipinski definition) is 2. The Bertz CT molecular complexity index is 789. The molecule has 0 radical (unpaired) electrons. The Balaban J connectivity index is 2.16. The van der Waals surface area contributed by atoms with E-state index in [1.165, 1.54) is 0 Å². The molecule has 2 N–H and O–H groups in total. The summed E-state index contributed by atoms with van der Waals surface area (Å²) in [7, 11) is 0. The lowest BCUT2D eigenvalue weighted by Crippen LogP contribution is -1.96. The van der Waals surface area contributed by atoms with Crippen molar-refractivity contribution in [3.8, 4) is 16.9 Å². The number of rotatable bonds is 2. The summed E-state index contributed by atoms with van der Waals surface area (Å²) in [5.74, 6) is -0.698. The minimum atomic E-state index is -0.923. The quantitative estimate of drug-likeness (QED) is 0.737. The van der Waals surface area contributed by atoms with E-state index in [2.05, 4.69) is 0 Å². The molecule has 0 fully saturated rings. The van der Waals surface area contributed by atoms with Crippen molar-refractivity contribution in [3.63, 3.8) is 0 Å². The molecule has 98 valence electrons. The first-order chi connectivity index (χ1) is 9.65. The number of phenolic OH excluding ortho intramolecular Hbond substituents is 1. The van der Waals surface area contributed by atoms with E-state index in [-0.39, 0.29) is 5.75 Å². The van der Waals surface area contributed by atoms with Crippen LogP contribution in [0, 0.1) is 0 Å². The van der Waals surface area contributed by atoms with Gasteiger partial charge in [0.2, 0.25) is 0 Å². The fraction of sp³-hybridized carbons (Fsp3) is 0. The van der Waals surface area contributed by atoms with Gasteiger partial charge in [0.1, 0.15) is 5.75 Å². The number of aromatic hydroxyl groups is 1. The third-order valence-electron chi connectivity index (χ3n) is 3.31. The van der Waals surface area contributed by atoms with Gasteiger partial charge in [0, 0.05) is 0 Å². The Morgan fingerprint density at radius 2 is 1.55 bits per heavy atom. The van der Waals surface area contributed by atoms with Gasteiger partial charge in [-0.3, -0.25) is 0 Å². The highest BCUT2D eigenvalue weighted by molar-refractivity contribution is 6.04. The summed E-state index contributed by atoms with van der Waals surface area (Å²) in [6.07, 6.45) is 0. The molecule has 3 aromatic carbocycles. The van der Waals surface area contributed by atoms with E-state index in [1.54, 1.807) is 24.3 Å². The lowest BCUT2D eigenvalue weighted by molar-refractivity contribution is 0.0699. The standard InChI is InChI=1S/C17H12O3/c18-14-7-4-11(5-8-14)12-6-9-15-13(10-12)2-1-3-16(15)17(19)20/h1-10,18H,(H,19,20). The highest BCUT2D eigenvalue weighted by Crippen LogP contribution is 2.27. The SMILES string of the molecule is O=C(O)c1cccc2cc(-c3ccc(O)cc3)ccc12. The molecule has 0 aliphatic rings. The fourth-order valence-corrected chi connectivity index (χ4v) is 2.30. The number of carboxylic acids is 1. The second kappa shape index (κ2) is 4.70. The van der Waals surface area contributed by atoms with E-state index in [9.17, 15) is 15.0 Å². The van der Waals surface area contributed by atoms with Crippen molar-refractivity contribution < 1.29 is 15.0 Å². The summed E-state index contributed by atoms with van der Waals surface area (Å²) < 4.78 is 0. The van der Waals surface area contributed by atoms with Crippen molar-refractivity contribution in [2.24, 2.45) is 0 Å². The molecular formula is C17H12O3. The van der Waals surface area contributed by atoms with E-state index in [4.69, 9.17) is 0 Å². The van der Waals surface area contributed by atoms with Crippen LogP contribution in [0.4, 0.5) is 0 Å². The van der Waals surface area contributed by atoms with Crippen LogP contribution in [-0.2, 0) is 0 Å². The molecule has 0 amide bonds. The Labute approximate surface area is 115 Å². The number of benzene rings is 3. The molecule has 0 atom stereocenters. The number of fused-ring (bicyclic) bond motifs is 1. The normalized spacial score (nSPS) is 10.6. The summed E-state index contributed by atoms with van der Waals surface area (Å²) in [6.45, 7) is 0. The van der Waals surface area contributed by atoms with Crippen molar-refractivity contribution >= 4 is 16.7 Å². The van der Waals surface area contributed by atoms with E-state index < -0.39 is 5.97 Å². The average molecular weight is 264 g/mol. The molecule has 20 heavy (non-hydrogen) atoms. The molecule has 3 aromatic rings. The van der Waals surface area contributed by atoms with Crippen LogP contribution in [0.3, 0.4) is 0 Å². The summed E-state index contributed by atoms with van der Waals surface area (Å²) in [5.41, 5.74) is 2.27. The fourth-order valence-electron chi connectivity index (χ4n) is 2.30. The second-order valence-electron chi connectivity index (χ2n) is 4.59. The molecule has 0 saturated carbocycles. The van der Waals surface area contributed by atoms with Crippen LogP contribution in [-0.4, -0.2) is 16.2 Å². The number of phenols is 1. The van der Waals surface area contributed by atoms with Crippen LogP contribution >= 0.6 is 0 Å². The van der Waals surface area contributed by atoms with Gasteiger partial charge in [-0.2, -0.15) is 0 Å². The van der Waals surface area contributed by atoms with E-state index in [0.29, 0.717) is 5.56 Å². The molecule has 3 nitrogen and oxygen atoms in total. The smallest absolute Gasteiger partial charge is 0.336 e. The van der Waals surface area contributed by atoms with Crippen molar-refractivity contribution in [1.82, 2.24) is 0 Å². The number of hydrogen-bond donors (Lipinski definition) is 2. The zero-order valence-electron chi connectivity index (χ0n) is 10.6. The Kier molecular flexibility index (Phi) is 2.88. The maximum atomic E-state index is 11.2. The second-order valence-corrected chi connectivity index (χ2v) is 4.59. The van der Waals surface area contributed by atoms with Gasteiger partial charge < -0.3 is 10.2 Å². The van der Waals surface area contributed by atoms with Gasteiger partial charge in [-0.1, -0.05) is 36.4 Å². The maximum Gasteiger partial charge on any atom is 0.336 e. The van der Waals surface area contributed by atoms with Crippen molar-refractivity contribution in [1.29, 1.82) is 0 Å². The van der Waals surface area contributed by atoms with E-state index in [1.807, 2.05) is 36.4 Å². The lowest BCUT2D eigenvalue weighted by Gasteiger charge is -2.06. The van der Waals surface area contributed by atoms with Gasteiger partial charge in [-0.15, -0.1) is 0 Å². The minimum Gasteiger partial charge on any atom is -0.508 e. The number of aromatic carboxylic acids is 1. The monoisotopic (exact) mass is 264 g/mol. The maximum absolute atomic E-state index is 11.2. The number of carboxylic acid groups (broad SMARTS) is 1. The van der Waals surface area contributed by atoms with Crippen molar-refractivity contribution in [2.45, 2.75) is 0 Å². The predicted molar refractivity (Wildman–Crippen MR) is 78.0 cm³/mol. The largest absolute Gasteiger partial charge is 0.508 e. The van der Waals surface area contributed by atoms with Crippen molar-refractivity contribution in [2.75, 3.05) is 0 Å². The van der Waals surface area contributed by atoms with Gasteiger partial charge in [0.05, 0.1) is 5.56 Å². The first kappa shape index (κ1) is 12.2. The molecule has 0 aromatic heterocycles. The summed E-state index contributed by atoms with van der Waals surface area (Å²) in [5, 5.41) is 20.1. The average Bonchev–Trinajstić information content (AvgIpc) is 2.46. The zero-order valence-corrected chi connectivity index (χ0v) is 10.6. The summed E-state index contributed by atoms with van der Waals surface area (Å²) in [4.78, 5) is 11.2. The van der Waals surface area contributed by atoms with Gasteiger partial charge in [0.25, 0.3) is 0 Å². The predicted octanol–water partition coefficient (Wildman–Crippen LogP) is 3.91. The van der Waals surface area contributed by atoms with Crippen LogP contribution in [0.1, 0.15) is 10.4 Å². The molecular weight excluding hydrogens is 252 g/mol. The molecule has 0 aliphatic carbocycles. The molecule has 0 unspecified atom stereocenters. The van der Waals surface area contributed by atoms with Gasteiger partial charge in [0.15, 0.2) is 0 Å². The first-order valence-electron chi connectivity index (χ1n) is 6.20. The Hall–Kier alpha value is -2.81. The topological polar surface area (TPSA) is 57.5 Å². The van der Waals surface area contributed by atoms with E-state index in [0.717, 1.165) is 21.9 Å². The van der Waals surface area contributed by atoms with Crippen LogP contribution < -0.4 is 0 Å². The lowest BCUT2D eigenvalue weighted by atomic mass is 9.98. The highest BCUT2D eigenvalue weighted by Gasteiger charge is 2.08. The molecule has 0 heterocycles. The first-order valence-corrected chi connectivity index (χ1v) is 6.20.